The van der Waals surface area contributed by atoms with Gasteiger partial charge in [0.1, 0.15) is 11.4 Å². The van der Waals surface area contributed by atoms with Crippen molar-refractivity contribution < 1.29 is 31.1 Å². The van der Waals surface area contributed by atoms with Crippen LogP contribution in [0.2, 0.25) is 0 Å². The molecule has 4 rings (SSSR count). The summed E-state index contributed by atoms with van der Waals surface area (Å²) in [6.07, 6.45) is -4.28. The number of benzene rings is 2. The highest BCUT2D eigenvalue weighted by atomic mass is 32.2. The van der Waals surface area contributed by atoms with Crippen LogP contribution in [-0.2, 0) is 27.8 Å². The van der Waals surface area contributed by atoms with E-state index in [1.165, 1.54) is 48.5 Å². The Morgan fingerprint density at radius 2 is 1.79 bits per heavy atom. The zero-order chi connectivity index (χ0) is 23.8. The van der Waals surface area contributed by atoms with Crippen LogP contribution in [0.1, 0.15) is 29.4 Å². The number of rotatable bonds is 3. The number of primary sulfonamides is 1. The van der Waals surface area contributed by atoms with Crippen LogP contribution >= 0.6 is 0 Å². The fourth-order valence-electron chi connectivity index (χ4n) is 3.37. The number of hydrogen-bond acceptors (Lipinski definition) is 5. The van der Waals surface area contributed by atoms with Crippen LogP contribution in [0.5, 0.6) is 5.75 Å². The summed E-state index contributed by atoms with van der Waals surface area (Å²) in [7, 11) is -3.80. The number of nitrogens with two attached hydrogens (primary N) is 1. The van der Waals surface area contributed by atoms with Crippen molar-refractivity contribution >= 4 is 10.0 Å². The number of halogens is 3. The first-order valence-electron chi connectivity index (χ1n) is 9.73. The molecule has 0 fully saturated rings. The molecule has 2 N–H and O–H groups in total. The molecule has 1 aromatic heterocycles. The Labute approximate surface area is 188 Å². The van der Waals surface area contributed by atoms with Crippen LogP contribution in [0.4, 0.5) is 13.2 Å². The molecule has 172 valence electrons. The van der Waals surface area contributed by atoms with Gasteiger partial charge in [-0.25, -0.2) is 18.2 Å². The molecule has 1 aliphatic heterocycles. The van der Waals surface area contributed by atoms with Crippen molar-refractivity contribution in [2.75, 3.05) is 0 Å². The lowest BCUT2D eigenvalue weighted by molar-refractivity contribution is -0.274. The number of alkyl halides is 3. The lowest BCUT2D eigenvalue weighted by Gasteiger charge is -2.20. The van der Waals surface area contributed by atoms with E-state index in [2.05, 4.69) is 21.7 Å². The minimum absolute atomic E-state index is 0.0185. The molecule has 0 aliphatic carbocycles. The fourth-order valence-corrected chi connectivity index (χ4v) is 3.88. The first-order chi connectivity index (χ1) is 15.5. The Bertz CT molecular complexity index is 1340. The van der Waals surface area contributed by atoms with Crippen LogP contribution in [0, 0.1) is 11.8 Å². The van der Waals surface area contributed by atoms with E-state index in [1.807, 2.05) is 6.92 Å². The van der Waals surface area contributed by atoms with Crippen molar-refractivity contribution in [2.45, 2.75) is 37.3 Å². The molecule has 0 radical (unpaired) electrons. The van der Waals surface area contributed by atoms with E-state index in [-0.39, 0.29) is 16.7 Å². The third-order valence-electron chi connectivity index (χ3n) is 4.91. The average Bonchev–Trinajstić information content (AvgIpc) is 3.09. The van der Waals surface area contributed by atoms with Gasteiger partial charge in [-0.15, -0.1) is 13.2 Å². The molecule has 1 atom stereocenters. The predicted molar refractivity (Wildman–Crippen MR) is 112 cm³/mol. The number of fused-ring (bicyclic) bond motifs is 1. The van der Waals surface area contributed by atoms with E-state index in [1.54, 1.807) is 4.68 Å². The predicted octanol–water partition coefficient (Wildman–Crippen LogP) is 3.28. The Morgan fingerprint density at radius 3 is 2.39 bits per heavy atom. The first kappa shape index (κ1) is 22.8. The van der Waals surface area contributed by atoms with Gasteiger partial charge in [0.15, 0.2) is 0 Å². The maximum atomic E-state index is 12.4. The second-order valence-electron chi connectivity index (χ2n) is 7.37. The SMILES string of the molecule is C[C@H]1Cc2c(c(C#Cc3ccc(S(N)(=O)=O)cc3)nn2-c2ccc(OC(F)(F)F)cc2)CO1. The van der Waals surface area contributed by atoms with Crippen molar-refractivity contribution in [2.24, 2.45) is 5.14 Å². The number of hydrogen-bond donors (Lipinski definition) is 1. The van der Waals surface area contributed by atoms with Gasteiger partial charge < -0.3 is 9.47 Å². The number of aromatic nitrogens is 2. The highest BCUT2D eigenvalue weighted by molar-refractivity contribution is 7.89. The van der Waals surface area contributed by atoms with Gasteiger partial charge in [0.05, 0.1) is 29.0 Å². The summed E-state index contributed by atoms with van der Waals surface area (Å²) in [5.74, 6) is 5.59. The van der Waals surface area contributed by atoms with Gasteiger partial charge in [0.25, 0.3) is 0 Å². The van der Waals surface area contributed by atoms with Crippen molar-refractivity contribution in [3.8, 4) is 23.3 Å². The van der Waals surface area contributed by atoms with Crippen LogP contribution in [0.25, 0.3) is 5.69 Å². The van der Waals surface area contributed by atoms with Gasteiger partial charge in [-0.1, -0.05) is 5.92 Å². The van der Waals surface area contributed by atoms with E-state index in [0.717, 1.165) is 11.3 Å². The second kappa shape index (κ2) is 8.55. The normalized spacial score (nSPS) is 16.0. The third-order valence-corrected chi connectivity index (χ3v) is 5.84. The summed E-state index contributed by atoms with van der Waals surface area (Å²) < 4.78 is 71.4. The molecule has 0 unspecified atom stereocenters. The summed E-state index contributed by atoms with van der Waals surface area (Å²) in [6.45, 7) is 2.21. The second-order valence-corrected chi connectivity index (χ2v) is 8.93. The van der Waals surface area contributed by atoms with E-state index >= 15 is 0 Å². The topological polar surface area (TPSA) is 96.4 Å². The lowest BCUT2D eigenvalue weighted by atomic mass is 10.1. The van der Waals surface area contributed by atoms with E-state index < -0.39 is 16.4 Å². The molecular weight excluding hydrogens is 459 g/mol. The van der Waals surface area contributed by atoms with Crippen molar-refractivity contribution in [1.29, 1.82) is 0 Å². The standard InChI is InChI=1S/C22H18F3N3O4S/c1-14-12-21-19(13-31-14)20(11-4-15-2-9-18(10-3-15)33(26,29)30)27-28(21)16-5-7-17(8-6-16)32-22(23,24)25/h2-3,5-10,14H,12-13H2,1H3,(H2,26,29,30)/t14-/m0/s1. The summed E-state index contributed by atoms with van der Waals surface area (Å²) in [5, 5.41) is 9.66. The molecule has 7 nitrogen and oxygen atoms in total. The monoisotopic (exact) mass is 477 g/mol. The number of nitrogens with zero attached hydrogens (tertiary/aromatic N) is 2. The molecule has 0 amide bonds. The van der Waals surface area contributed by atoms with E-state index in [4.69, 9.17) is 9.88 Å². The molecule has 33 heavy (non-hydrogen) atoms. The molecule has 3 aromatic rings. The summed E-state index contributed by atoms with van der Waals surface area (Å²) in [5.41, 5.74) is 3.22. The van der Waals surface area contributed by atoms with Gasteiger partial charge >= 0.3 is 6.36 Å². The molecular formula is C22H18F3N3O4S. The number of sulfonamides is 1. The third kappa shape index (κ3) is 5.36. The highest BCUT2D eigenvalue weighted by Crippen LogP contribution is 2.28. The smallest absolute Gasteiger partial charge is 0.406 e. The average molecular weight is 477 g/mol. The maximum absolute atomic E-state index is 12.4. The van der Waals surface area contributed by atoms with Crippen molar-refractivity contribution in [3.63, 3.8) is 0 Å². The molecule has 0 saturated carbocycles. The zero-order valence-corrected chi connectivity index (χ0v) is 18.1. The summed E-state index contributed by atoms with van der Waals surface area (Å²) in [4.78, 5) is -0.0185. The van der Waals surface area contributed by atoms with Gasteiger partial charge in [-0.3, -0.25) is 0 Å². The zero-order valence-electron chi connectivity index (χ0n) is 17.3. The quantitative estimate of drug-likeness (QED) is 0.584. The van der Waals surface area contributed by atoms with Crippen LogP contribution in [0.15, 0.2) is 53.4 Å². The number of ether oxygens (including phenoxy) is 2. The van der Waals surface area contributed by atoms with Gasteiger partial charge in [0.2, 0.25) is 10.0 Å². The lowest BCUT2D eigenvalue weighted by Crippen LogP contribution is -2.21. The molecule has 0 bridgehead atoms. The Kier molecular flexibility index (Phi) is 5.92. The van der Waals surface area contributed by atoms with Crippen LogP contribution in [-0.4, -0.2) is 30.7 Å². The first-order valence-corrected chi connectivity index (χ1v) is 11.3. The van der Waals surface area contributed by atoms with E-state index in [0.29, 0.717) is 30.0 Å². The molecule has 2 heterocycles. The largest absolute Gasteiger partial charge is 0.573 e. The van der Waals surface area contributed by atoms with Crippen LogP contribution < -0.4 is 9.88 Å². The van der Waals surface area contributed by atoms with Gasteiger partial charge in [0, 0.05) is 17.5 Å². The highest BCUT2D eigenvalue weighted by Gasteiger charge is 2.31. The van der Waals surface area contributed by atoms with E-state index in [9.17, 15) is 21.6 Å². The molecule has 0 saturated heterocycles. The summed E-state index contributed by atoms with van der Waals surface area (Å²) in [6, 6.07) is 11.2. The molecule has 0 spiro atoms. The minimum atomic E-state index is -4.77. The fraction of sp³-hybridized carbons (Fsp3) is 0.227. The molecule has 1 aliphatic rings. The van der Waals surface area contributed by atoms with Crippen molar-refractivity contribution in [3.05, 3.63) is 71.0 Å². The maximum Gasteiger partial charge on any atom is 0.573 e. The Hall–Kier alpha value is -3.33. The Morgan fingerprint density at radius 1 is 1.12 bits per heavy atom. The molecule has 11 heteroatoms. The van der Waals surface area contributed by atoms with Gasteiger partial charge in [-0.2, -0.15) is 5.10 Å². The molecule has 2 aromatic carbocycles. The van der Waals surface area contributed by atoms with Gasteiger partial charge in [-0.05, 0) is 61.4 Å². The Balaban J connectivity index is 1.68. The van der Waals surface area contributed by atoms with Crippen LogP contribution in [0.3, 0.4) is 0 Å². The summed E-state index contributed by atoms with van der Waals surface area (Å²) >= 11 is 0. The minimum Gasteiger partial charge on any atom is -0.406 e. The van der Waals surface area contributed by atoms with Crippen molar-refractivity contribution in [1.82, 2.24) is 9.78 Å².